The molecule has 0 saturated carbocycles. The van der Waals surface area contributed by atoms with Crippen LogP contribution in [0.2, 0.25) is 0 Å². The van der Waals surface area contributed by atoms with Crippen molar-refractivity contribution in [3.8, 4) is 0 Å². The summed E-state index contributed by atoms with van der Waals surface area (Å²) in [6.07, 6.45) is 3.67. The molecule has 3 aromatic heterocycles. The van der Waals surface area contributed by atoms with Crippen LogP contribution in [0.15, 0.2) is 17.2 Å². The van der Waals surface area contributed by atoms with Gasteiger partial charge in [-0.2, -0.15) is 10.1 Å². The molecule has 0 spiro atoms. The third kappa shape index (κ3) is 1.86. The summed E-state index contributed by atoms with van der Waals surface area (Å²) in [6.45, 7) is 2.37. The van der Waals surface area contributed by atoms with Gasteiger partial charge in [-0.25, -0.2) is 4.98 Å². The number of aromatic nitrogens is 6. The van der Waals surface area contributed by atoms with E-state index in [4.69, 9.17) is 5.73 Å². The number of nitrogens with zero attached hydrogens (tertiary/aromatic N) is 5. The predicted octanol–water partition coefficient (Wildman–Crippen LogP) is -0.208. The maximum Gasteiger partial charge on any atom is 0.280 e. The van der Waals surface area contributed by atoms with Crippen LogP contribution in [-0.2, 0) is 13.6 Å². The van der Waals surface area contributed by atoms with Gasteiger partial charge in [-0.3, -0.25) is 14.5 Å². The van der Waals surface area contributed by atoms with Gasteiger partial charge in [0.15, 0.2) is 11.2 Å². The predicted molar refractivity (Wildman–Crippen MR) is 69.6 cm³/mol. The lowest BCUT2D eigenvalue weighted by molar-refractivity contribution is 0.758. The highest BCUT2D eigenvalue weighted by Gasteiger charge is 2.13. The Morgan fingerprint density at radius 2 is 2.21 bits per heavy atom. The number of hydrogen-bond donors (Lipinski definition) is 2. The van der Waals surface area contributed by atoms with Crippen molar-refractivity contribution in [3.63, 3.8) is 0 Å². The highest BCUT2D eigenvalue weighted by molar-refractivity contribution is 5.71. The van der Waals surface area contributed by atoms with Gasteiger partial charge in [0.25, 0.3) is 5.56 Å². The van der Waals surface area contributed by atoms with E-state index in [1.54, 1.807) is 10.9 Å². The number of rotatable bonds is 2. The van der Waals surface area contributed by atoms with Crippen LogP contribution in [-0.4, -0.2) is 29.3 Å². The quantitative estimate of drug-likeness (QED) is 0.662. The summed E-state index contributed by atoms with van der Waals surface area (Å²) >= 11 is 0. The first-order valence-corrected chi connectivity index (χ1v) is 5.75. The van der Waals surface area contributed by atoms with Crippen LogP contribution in [0.4, 0.5) is 5.95 Å². The topological polar surface area (TPSA) is 107 Å². The van der Waals surface area contributed by atoms with E-state index in [0.29, 0.717) is 23.5 Å². The van der Waals surface area contributed by atoms with Crippen LogP contribution < -0.4 is 11.3 Å². The normalized spacial score (nSPS) is 11.3. The summed E-state index contributed by atoms with van der Waals surface area (Å²) in [5.74, 6) is 0.798. The van der Waals surface area contributed by atoms with Crippen LogP contribution in [0.5, 0.6) is 0 Å². The van der Waals surface area contributed by atoms with Crippen molar-refractivity contribution in [1.29, 1.82) is 0 Å². The molecule has 0 radical (unpaired) electrons. The summed E-state index contributed by atoms with van der Waals surface area (Å²) in [5, 5.41) is 4.11. The molecule has 19 heavy (non-hydrogen) atoms. The summed E-state index contributed by atoms with van der Waals surface area (Å²) in [7, 11) is 1.85. The summed E-state index contributed by atoms with van der Waals surface area (Å²) in [4.78, 5) is 22.6. The summed E-state index contributed by atoms with van der Waals surface area (Å²) < 4.78 is 3.57. The average Bonchev–Trinajstić information content (AvgIpc) is 2.87. The van der Waals surface area contributed by atoms with E-state index in [9.17, 15) is 4.79 Å². The number of imidazole rings is 1. The van der Waals surface area contributed by atoms with Crippen LogP contribution >= 0.6 is 0 Å². The molecule has 3 heterocycles. The number of nitrogens with two attached hydrogens (primary N) is 1. The van der Waals surface area contributed by atoms with E-state index in [2.05, 4.69) is 20.1 Å². The maximum atomic E-state index is 11.8. The molecule has 0 atom stereocenters. The first-order chi connectivity index (χ1) is 9.04. The number of nitrogens with one attached hydrogen (secondary N) is 1. The molecule has 3 aromatic rings. The fourth-order valence-corrected chi connectivity index (χ4v) is 2.06. The van der Waals surface area contributed by atoms with Gasteiger partial charge in [0, 0.05) is 18.8 Å². The first-order valence-electron chi connectivity index (χ1n) is 5.75. The molecule has 8 nitrogen and oxygen atoms in total. The zero-order chi connectivity index (χ0) is 13.6. The third-order valence-corrected chi connectivity index (χ3v) is 2.91. The van der Waals surface area contributed by atoms with Crippen molar-refractivity contribution in [2.75, 3.05) is 5.73 Å². The Morgan fingerprint density at radius 1 is 1.42 bits per heavy atom. The number of nitrogen functional groups attached to an aromatic ring is 1. The Bertz CT molecular complexity index is 810. The monoisotopic (exact) mass is 259 g/mol. The molecular weight excluding hydrogens is 246 g/mol. The SMILES string of the molecule is Cc1nc2c(=O)[nH]c(N)nc2n1Cc1cnn(C)c1. The molecule has 0 aliphatic heterocycles. The molecule has 0 saturated heterocycles. The van der Waals surface area contributed by atoms with E-state index < -0.39 is 0 Å². The summed E-state index contributed by atoms with van der Waals surface area (Å²) in [6, 6.07) is 0. The lowest BCUT2D eigenvalue weighted by atomic mass is 10.3. The van der Waals surface area contributed by atoms with Crippen LogP contribution in [0.1, 0.15) is 11.4 Å². The standard InChI is InChI=1S/C11H13N7O/c1-6-14-8-9(15-11(12)16-10(8)19)18(6)5-7-3-13-17(2)4-7/h3-4H,5H2,1-2H3,(H3,12,15,16,19). The van der Waals surface area contributed by atoms with Crippen molar-refractivity contribution in [1.82, 2.24) is 29.3 Å². The molecule has 0 amide bonds. The second-order valence-electron chi connectivity index (χ2n) is 4.39. The van der Waals surface area contributed by atoms with E-state index in [1.807, 2.05) is 24.7 Å². The van der Waals surface area contributed by atoms with E-state index in [-0.39, 0.29) is 11.5 Å². The molecule has 8 heteroatoms. The smallest absolute Gasteiger partial charge is 0.280 e. The third-order valence-electron chi connectivity index (χ3n) is 2.91. The van der Waals surface area contributed by atoms with Crippen molar-refractivity contribution in [3.05, 3.63) is 34.1 Å². The number of hydrogen-bond acceptors (Lipinski definition) is 5. The molecule has 0 fully saturated rings. The van der Waals surface area contributed by atoms with Crippen LogP contribution in [0.3, 0.4) is 0 Å². The van der Waals surface area contributed by atoms with Crippen molar-refractivity contribution >= 4 is 17.1 Å². The molecule has 0 aromatic carbocycles. The molecule has 3 N–H and O–H groups in total. The molecule has 0 unspecified atom stereocenters. The van der Waals surface area contributed by atoms with Crippen molar-refractivity contribution in [2.45, 2.75) is 13.5 Å². The first kappa shape index (κ1) is 11.5. The molecular formula is C11H13N7O. The highest BCUT2D eigenvalue weighted by Crippen LogP contribution is 2.13. The number of fused-ring (bicyclic) bond motifs is 1. The Kier molecular flexibility index (Phi) is 2.37. The lowest BCUT2D eigenvalue weighted by Crippen LogP contribution is -2.12. The summed E-state index contributed by atoms with van der Waals surface area (Å²) in [5.41, 5.74) is 7.05. The highest BCUT2D eigenvalue weighted by atomic mass is 16.1. The number of aryl methyl sites for hydroxylation is 2. The van der Waals surface area contributed by atoms with Gasteiger partial charge >= 0.3 is 0 Å². The molecule has 98 valence electrons. The minimum Gasteiger partial charge on any atom is -0.369 e. The van der Waals surface area contributed by atoms with Crippen molar-refractivity contribution in [2.24, 2.45) is 7.05 Å². The zero-order valence-electron chi connectivity index (χ0n) is 10.6. The zero-order valence-corrected chi connectivity index (χ0v) is 10.6. The fourth-order valence-electron chi connectivity index (χ4n) is 2.06. The number of H-pyrrole nitrogens is 1. The second-order valence-corrected chi connectivity index (χ2v) is 4.39. The van der Waals surface area contributed by atoms with Gasteiger partial charge in [-0.15, -0.1) is 0 Å². The lowest BCUT2D eigenvalue weighted by Gasteiger charge is -2.03. The van der Waals surface area contributed by atoms with Gasteiger partial charge in [0.2, 0.25) is 5.95 Å². The molecule has 3 rings (SSSR count). The van der Waals surface area contributed by atoms with Gasteiger partial charge in [-0.05, 0) is 6.92 Å². The van der Waals surface area contributed by atoms with E-state index in [0.717, 1.165) is 5.56 Å². The van der Waals surface area contributed by atoms with E-state index >= 15 is 0 Å². The Hall–Kier alpha value is -2.64. The van der Waals surface area contributed by atoms with Gasteiger partial charge in [0.1, 0.15) is 5.82 Å². The number of aromatic amines is 1. The molecule has 0 bridgehead atoms. The Balaban J connectivity index is 2.17. The fraction of sp³-hybridized carbons (Fsp3) is 0.273. The minimum absolute atomic E-state index is 0.0878. The Labute approximate surface area is 107 Å². The number of anilines is 1. The minimum atomic E-state index is -0.324. The van der Waals surface area contributed by atoms with Gasteiger partial charge in [-0.1, -0.05) is 0 Å². The average molecular weight is 259 g/mol. The molecule has 0 aliphatic carbocycles. The molecule has 0 aliphatic rings. The second kappa shape index (κ2) is 3.94. The van der Waals surface area contributed by atoms with Gasteiger partial charge < -0.3 is 10.3 Å². The van der Waals surface area contributed by atoms with Crippen LogP contribution in [0, 0.1) is 6.92 Å². The van der Waals surface area contributed by atoms with Gasteiger partial charge in [0.05, 0.1) is 12.7 Å². The Morgan fingerprint density at radius 3 is 2.89 bits per heavy atom. The maximum absolute atomic E-state index is 11.8. The van der Waals surface area contributed by atoms with E-state index in [1.165, 1.54) is 0 Å². The van der Waals surface area contributed by atoms with Crippen molar-refractivity contribution < 1.29 is 0 Å². The van der Waals surface area contributed by atoms with Crippen LogP contribution in [0.25, 0.3) is 11.2 Å². The largest absolute Gasteiger partial charge is 0.369 e.